The number of aromatic nitrogens is 1. The van der Waals surface area contributed by atoms with E-state index in [1.54, 1.807) is 33.2 Å². The van der Waals surface area contributed by atoms with E-state index >= 15 is 0 Å². The number of nitrogens with zero attached hydrogens (tertiary/aromatic N) is 4. The van der Waals surface area contributed by atoms with Gasteiger partial charge < -0.3 is 24.4 Å². The van der Waals surface area contributed by atoms with Gasteiger partial charge in [0.05, 0.1) is 55.3 Å². The summed E-state index contributed by atoms with van der Waals surface area (Å²) < 4.78 is 46.0. The minimum absolute atomic E-state index is 0.0460. The van der Waals surface area contributed by atoms with Gasteiger partial charge >= 0.3 is 6.09 Å². The maximum Gasteiger partial charge on any atom is 0.415 e. The molecule has 5 rings (SSSR count). The topological polar surface area (TPSA) is 136 Å². The second-order valence-corrected chi connectivity index (χ2v) is 12.2. The summed E-state index contributed by atoms with van der Waals surface area (Å²) in [5.41, 5.74) is 0.856. The molecule has 2 amide bonds. The van der Waals surface area contributed by atoms with Crippen LogP contribution in [0.5, 0.6) is 5.88 Å². The van der Waals surface area contributed by atoms with E-state index < -0.39 is 40.7 Å². The molecule has 3 heterocycles. The molecule has 0 unspecified atom stereocenters. The number of rotatable bonds is 13. The number of carbonyl (C=O) groups excluding carboxylic acids is 2. The molecule has 0 atom stereocenters. The third-order valence-electron chi connectivity index (χ3n) is 7.31. The van der Waals surface area contributed by atoms with E-state index in [0.717, 1.165) is 28.4 Å². The number of amides is 2. The van der Waals surface area contributed by atoms with Crippen molar-refractivity contribution in [2.75, 3.05) is 50.7 Å². The van der Waals surface area contributed by atoms with Gasteiger partial charge in [0.15, 0.2) is 0 Å². The number of non-ortho nitro benzene ring substituents is 1. The highest BCUT2D eigenvalue weighted by atomic mass is 32.1. The number of anilines is 2. The summed E-state index contributed by atoms with van der Waals surface area (Å²) in [6, 6.07) is 12.3. The smallest absolute Gasteiger partial charge is 0.415 e. The zero-order valence-electron chi connectivity index (χ0n) is 26.4. The Balaban J connectivity index is 1.61. The maximum absolute atomic E-state index is 14.9. The quantitative estimate of drug-likeness (QED) is 0.124. The van der Waals surface area contributed by atoms with E-state index in [1.807, 2.05) is 4.90 Å². The molecular formula is C33H33F2N5O7S. The Morgan fingerprint density at radius 1 is 1.06 bits per heavy atom. The zero-order chi connectivity index (χ0) is 34.4. The van der Waals surface area contributed by atoms with Gasteiger partial charge in [0.25, 0.3) is 11.6 Å². The first-order valence-corrected chi connectivity index (χ1v) is 15.8. The third-order valence-corrected chi connectivity index (χ3v) is 8.61. The highest BCUT2D eigenvalue weighted by Crippen LogP contribution is 2.44. The van der Waals surface area contributed by atoms with Gasteiger partial charge in [0.1, 0.15) is 16.6 Å². The Morgan fingerprint density at radius 2 is 1.77 bits per heavy atom. The molecule has 252 valence electrons. The van der Waals surface area contributed by atoms with Gasteiger partial charge in [-0.3, -0.25) is 19.8 Å². The molecule has 4 aromatic rings. The summed E-state index contributed by atoms with van der Waals surface area (Å²) in [5, 5.41) is 14.2. The third kappa shape index (κ3) is 7.93. The molecule has 1 N–H and O–H groups in total. The molecule has 0 saturated carbocycles. The lowest BCUT2D eigenvalue weighted by Crippen LogP contribution is -2.33. The standard InChI is InChI=1S/C33H33F2N5O7S/c1-4-46-33(42)39(16-24-26(34)6-5-7-27(24)35)32-29(31(41)37-22-10-13-28(36-14-22)47-19-20-17-45-18-20)25(15-38(2)3)30(48-32)21-8-11-23(12-9-21)40(43)44/h5-14,20H,4,15-19H2,1-3H3,(H,37,41). The van der Waals surface area contributed by atoms with Crippen molar-refractivity contribution < 1.29 is 37.5 Å². The monoisotopic (exact) mass is 681 g/mol. The number of nitro groups is 1. The van der Waals surface area contributed by atoms with Crippen molar-refractivity contribution >= 4 is 39.7 Å². The number of nitrogens with one attached hydrogen (secondary N) is 1. The summed E-state index contributed by atoms with van der Waals surface area (Å²) in [6.07, 6.45) is 0.499. The molecule has 0 aliphatic carbocycles. The number of nitro benzene ring substituents is 1. The van der Waals surface area contributed by atoms with Crippen molar-refractivity contribution in [1.82, 2.24) is 9.88 Å². The maximum atomic E-state index is 14.9. The van der Waals surface area contributed by atoms with Crippen LogP contribution in [0.15, 0.2) is 60.8 Å². The Labute approximate surface area is 279 Å². The molecule has 1 saturated heterocycles. The normalized spacial score (nSPS) is 12.8. The SMILES string of the molecule is CCOC(=O)N(Cc1c(F)cccc1F)c1sc(-c2ccc([N+](=O)[O-])cc2)c(CN(C)C)c1C(=O)Nc1ccc(OCC2COC2)nc1. The minimum Gasteiger partial charge on any atom is -0.477 e. The van der Waals surface area contributed by atoms with Crippen LogP contribution in [0.25, 0.3) is 10.4 Å². The highest BCUT2D eigenvalue weighted by molar-refractivity contribution is 7.20. The van der Waals surface area contributed by atoms with Gasteiger partial charge in [-0.1, -0.05) is 6.07 Å². The van der Waals surface area contributed by atoms with Crippen molar-refractivity contribution in [3.05, 3.63) is 99.2 Å². The fourth-order valence-electron chi connectivity index (χ4n) is 4.89. The Morgan fingerprint density at radius 3 is 2.33 bits per heavy atom. The van der Waals surface area contributed by atoms with Gasteiger partial charge in [-0.15, -0.1) is 11.3 Å². The molecule has 2 aromatic heterocycles. The number of carbonyl (C=O) groups is 2. The van der Waals surface area contributed by atoms with Crippen LogP contribution in [0, 0.1) is 27.7 Å². The van der Waals surface area contributed by atoms with Crippen molar-refractivity contribution in [3.8, 4) is 16.3 Å². The van der Waals surface area contributed by atoms with Crippen molar-refractivity contribution in [2.45, 2.75) is 20.0 Å². The number of benzene rings is 2. The number of thiophene rings is 1. The van der Waals surface area contributed by atoms with Crippen LogP contribution >= 0.6 is 11.3 Å². The van der Waals surface area contributed by atoms with Crippen LogP contribution in [0.1, 0.15) is 28.4 Å². The lowest BCUT2D eigenvalue weighted by atomic mass is 10.0. The van der Waals surface area contributed by atoms with Crippen molar-refractivity contribution in [3.63, 3.8) is 0 Å². The molecule has 15 heteroatoms. The summed E-state index contributed by atoms with van der Waals surface area (Å²) in [6.45, 7) is 2.85. The van der Waals surface area contributed by atoms with E-state index in [-0.39, 0.29) is 29.4 Å². The highest BCUT2D eigenvalue weighted by Gasteiger charge is 2.33. The van der Waals surface area contributed by atoms with Gasteiger partial charge in [-0.2, -0.15) is 0 Å². The molecule has 0 bridgehead atoms. The fourth-order valence-corrected chi connectivity index (χ4v) is 6.19. The first-order chi connectivity index (χ1) is 23.0. The summed E-state index contributed by atoms with van der Waals surface area (Å²) in [4.78, 5) is 46.2. The lowest BCUT2D eigenvalue weighted by Gasteiger charge is -2.25. The van der Waals surface area contributed by atoms with Crippen molar-refractivity contribution in [1.29, 1.82) is 0 Å². The van der Waals surface area contributed by atoms with E-state index in [2.05, 4.69) is 10.3 Å². The summed E-state index contributed by atoms with van der Waals surface area (Å²) in [5.74, 6) is -1.73. The Kier molecular flexibility index (Phi) is 10.9. The number of pyridine rings is 1. The second-order valence-electron chi connectivity index (χ2n) is 11.2. The molecule has 1 aliphatic heterocycles. The summed E-state index contributed by atoms with van der Waals surface area (Å²) >= 11 is 1.02. The molecule has 0 spiro atoms. The molecule has 1 fully saturated rings. The van der Waals surface area contributed by atoms with Gasteiger partial charge in [0, 0.05) is 41.1 Å². The molecule has 12 nitrogen and oxygen atoms in total. The number of hydrogen-bond donors (Lipinski definition) is 1. The predicted octanol–water partition coefficient (Wildman–Crippen LogP) is 6.50. The number of hydrogen-bond acceptors (Lipinski definition) is 10. The minimum atomic E-state index is -0.929. The van der Waals surface area contributed by atoms with E-state index in [9.17, 15) is 28.5 Å². The molecule has 0 radical (unpaired) electrons. The average molecular weight is 682 g/mol. The van der Waals surface area contributed by atoms with E-state index in [1.165, 1.54) is 36.5 Å². The van der Waals surface area contributed by atoms with Crippen molar-refractivity contribution in [2.24, 2.45) is 5.92 Å². The van der Waals surface area contributed by atoms with E-state index in [0.29, 0.717) is 53.3 Å². The first-order valence-electron chi connectivity index (χ1n) is 15.0. The first kappa shape index (κ1) is 34.3. The van der Waals surface area contributed by atoms with Gasteiger partial charge in [-0.25, -0.2) is 18.6 Å². The van der Waals surface area contributed by atoms with Gasteiger partial charge in [-0.05, 0) is 62.5 Å². The largest absolute Gasteiger partial charge is 0.477 e. The zero-order valence-corrected chi connectivity index (χ0v) is 27.2. The van der Waals surface area contributed by atoms with Crippen LogP contribution in [0.4, 0.5) is 30.0 Å². The van der Waals surface area contributed by atoms with Crippen LogP contribution in [0.3, 0.4) is 0 Å². The van der Waals surface area contributed by atoms with Gasteiger partial charge in [0.2, 0.25) is 5.88 Å². The lowest BCUT2D eigenvalue weighted by molar-refractivity contribution is -0.384. The molecule has 48 heavy (non-hydrogen) atoms. The molecule has 1 aliphatic rings. The number of ether oxygens (including phenoxy) is 3. The van der Waals surface area contributed by atoms with Crippen LogP contribution in [-0.2, 0) is 22.6 Å². The predicted molar refractivity (Wildman–Crippen MR) is 175 cm³/mol. The Bertz CT molecular complexity index is 1760. The van der Waals surface area contributed by atoms with Crippen LogP contribution < -0.4 is 15.0 Å². The van der Waals surface area contributed by atoms with Crippen LogP contribution in [0.2, 0.25) is 0 Å². The molecule has 2 aromatic carbocycles. The fraction of sp³-hybridized carbons (Fsp3) is 0.303. The summed E-state index contributed by atoms with van der Waals surface area (Å²) in [7, 11) is 3.57. The van der Waals surface area contributed by atoms with Crippen LogP contribution in [-0.4, -0.2) is 67.3 Å². The number of halogens is 2. The Hall–Kier alpha value is -4.99. The average Bonchev–Trinajstić information content (AvgIpc) is 3.39. The van der Waals surface area contributed by atoms with E-state index in [4.69, 9.17) is 14.2 Å². The second kappa shape index (κ2) is 15.3. The molecular weight excluding hydrogens is 648 g/mol.